The van der Waals surface area contributed by atoms with Gasteiger partial charge in [0.2, 0.25) is 0 Å². The molecule has 0 spiro atoms. The van der Waals surface area contributed by atoms with Gasteiger partial charge in [0.25, 0.3) is 0 Å². The number of nitrogens with zero attached hydrogens (tertiary/aromatic N) is 1. The third kappa shape index (κ3) is 3.02. The zero-order chi connectivity index (χ0) is 8.85. The number of hydrogen-bond donors (Lipinski definition) is 0. The summed E-state index contributed by atoms with van der Waals surface area (Å²) in [5.74, 6) is 0.315. The summed E-state index contributed by atoms with van der Waals surface area (Å²) in [6, 6.07) is 0.227. The minimum atomic E-state index is 0.227. The first-order valence-electron chi connectivity index (χ1n) is 4.42. The number of carbonyl (C=O) groups excluding carboxylic acids is 1. The molecule has 0 unspecified atom stereocenters. The van der Waals surface area contributed by atoms with E-state index in [0.29, 0.717) is 5.78 Å². The van der Waals surface area contributed by atoms with Crippen molar-refractivity contribution in [3.8, 4) is 0 Å². The van der Waals surface area contributed by atoms with E-state index in [2.05, 4.69) is 4.90 Å². The Morgan fingerprint density at radius 2 is 2.00 bits per heavy atom. The molecular formula is C9H19NO. The van der Waals surface area contributed by atoms with E-state index in [1.807, 2.05) is 20.9 Å². The topological polar surface area (TPSA) is 20.3 Å². The highest BCUT2D eigenvalue weighted by Crippen LogP contribution is 2.14. The van der Waals surface area contributed by atoms with Gasteiger partial charge < -0.3 is 0 Å². The van der Waals surface area contributed by atoms with E-state index in [4.69, 9.17) is 0 Å². The molecule has 1 fully saturated rings. The highest BCUT2D eigenvalue weighted by Gasteiger charge is 2.23. The summed E-state index contributed by atoms with van der Waals surface area (Å²) in [6.45, 7) is 6.76. The van der Waals surface area contributed by atoms with Gasteiger partial charge in [0.1, 0.15) is 5.78 Å². The molecule has 0 aromatic rings. The molecule has 0 aromatic carbocycles. The fourth-order valence-corrected chi connectivity index (χ4v) is 1.42. The molecule has 1 heterocycles. The SMILES string of the molecule is CC.CC(=O)[C@H]1CCCN1C. The number of ketones is 1. The molecule has 1 saturated heterocycles. The van der Waals surface area contributed by atoms with Crippen LogP contribution >= 0.6 is 0 Å². The number of carbonyl (C=O) groups is 1. The van der Waals surface area contributed by atoms with E-state index in [1.165, 1.54) is 6.42 Å². The summed E-state index contributed by atoms with van der Waals surface area (Å²) >= 11 is 0. The third-order valence-corrected chi connectivity index (χ3v) is 1.99. The summed E-state index contributed by atoms with van der Waals surface area (Å²) < 4.78 is 0. The van der Waals surface area contributed by atoms with Crippen LogP contribution in [0.25, 0.3) is 0 Å². The number of Topliss-reactive ketones (excluding diaryl/α,β-unsaturated/α-hetero) is 1. The monoisotopic (exact) mass is 157 g/mol. The molecule has 0 N–H and O–H groups in total. The minimum Gasteiger partial charge on any atom is -0.298 e. The Labute approximate surface area is 69.6 Å². The summed E-state index contributed by atoms with van der Waals surface area (Å²) in [7, 11) is 2.01. The second-order valence-electron chi connectivity index (χ2n) is 2.75. The van der Waals surface area contributed by atoms with Crippen molar-refractivity contribution in [2.24, 2.45) is 0 Å². The number of hydrogen-bond acceptors (Lipinski definition) is 2. The fraction of sp³-hybridized carbons (Fsp3) is 0.889. The average molecular weight is 157 g/mol. The first-order valence-corrected chi connectivity index (χ1v) is 4.42. The largest absolute Gasteiger partial charge is 0.298 e. The molecule has 1 atom stereocenters. The van der Waals surface area contributed by atoms with Gasteiger partial charge in [0.05, 0.1) is 6.04 Å². The van der Waals surface area contributed by atoms with Crippen molar-refractivity contribution in [3.05, 3.63) is 0 Å². The summed E-state index contributed by atoms with van der Waals surface area (Å²) in [5, 5.41) is 0. The molecule has 1 aliphatic heterocycles. The van der Waals surface area contributed by atoms with Crippen molar-refractivity contribution in [2.75, 3.05) is 13.6 Å². The Balaban J connectivity index is 0.000000461. The lowest BCUT2D eigenvalue weighted by atomic mass is 10.1. The van der Waals surface area contributed by atoms with Crippen molar-refractivity contribution in [3.63, 3.8) is 0 Å². The van der Waals surface area contributed by atoms with Crippen LogP contribution in [0.3, 0.4) is 0 Å². The van der Waals surface area contributed by atoms with E-state index in [1.54, 1.807) is 6.92 Å². The molecule has 2 nitrogen and oxygen atoms in total. The molecule has 0 saturated carbocycles. The van der Waals surface area contributed by atoms with Gasteiger partial charge in [-0.2, -0.15) is 0 Å². The van der Waals surface area contributed by atoms with Crippen LogP contribution in [0, 0.1) is 0 Å². The van der Waals surface area contributed by atoms with Crippen LogP contribution in [0.2, 0.25) is 0 Å². The minimum absolute atomic E-state index is 0.227. The van der Waals surface area contributed by atoms with Gasteiger partial charge in [0.15, 0.2) is 0 Å². The maximum Gasteiger partial charge on any atom is 0.146 e. The Hall–Kier alpha value is -0.370. The predicted octanol–water partition coefficient (Wildman–Crippen LogP) is 1.70. The zero-order valence-electron chi connectivity index (χ0n) is 8.05. The zero-order valence-corrected chi connectivity index (χ0v) is 8.05. The van der Waals surface area contributed by atoms with Gasteiger partial charge in [-0.05, 0) is 33.4 Å². The van der Waals surface area contributed by atoms with Crippen LogP contribution in [0.5, 0.6) is 0 Å². The fourth-order valence-electron chi connectivity index (χ4n) is 1.42. The van der Waals surface area contributed by atoms with Crippen molar-refractivity contribution < 1.29 is 4.79 Å². The quantitative estimate of drug-likeness (QED) is 0.577. The summed E-state index contributed by atoms with van der Waals surface area (Å²) in [4.78, 5) is 12.9. The Morgan fingerprint density at radius 3 is 2.18 bits per heavy atom. The molecule has 0 aliphatic carbocycles. The van der Waals surface area contributed by atoms with Crippen molar-refractivity contribution in [2.45, 2.75) is 39.7 Å². The predicted molar refractivity (Wildman–Crippen MR) is 47.7 cm³/mol. The smallest absolute Gasteiger partial charge is 0.146 e. The van der Waals surface area contributed by atoms with Gasteiger partial charge in [-0.25, -0.2) is 0 Å². The Kier molecular flexibility index (Phi) is 5.12. The van der Waals surface area contributed by atoms with Gasteiger partial charge >= 0.3 is 0 Å². The first kappa shape index (κ1) is 10.6. The van der Waals surface area contributed by atoms with Crippen LogP contribution < -0.4 is 0 Å². The normalized spacial score (nSPS) is 24.2. The molecule has 0 amide bonds. The van der Waals surface area contributed by atoms with Crippen molar-refractivity contribution in [1.82, 2.24) is 4.90 Å². The van der Waals surface area contributed by atoms with Crippen LogP contribution in [0.1, 0.15) is 33.6 Å². The number of likely N-dealkylation sites (N-methyl/N-ethyl adjacent to an activating group) is 1. The maximum absolute atomic E-state index is 10.8. The van der Waals surface area contributed by atoms with Crippen LogP contribution in [-0.4, -0.2) is 30.3 Å². The van der Waals surface area contributed by atoms with Gasteiger partial charge in [-0.3, -0.25) is 9.69 Å². The summed E-state index contributed by atoms with van der Waals surface area (Å²) in [6.07, 6.45) is 2.24. The maximum atomic E-state index is 10.8. The lowest BCUT2D eigenvalue weighted by Gasteiger charge is -2.14. The molecule has 11 heavy (non-hydrogen) atoms. The molecule has 66 valence electrons. The van der Waals surface area contributed by atoms with E-state index < -0.39 is 0 Å². The highest BCUT2D eigenvalue weighted by atomic mass is 16.1. The first-order chi connectivity index (χ1) is 5.22. The molecule has 1 rings (SSSR count). The van der Waals surface area contributed by atoms with Crippen molar-refractivity contribution in [1.29, 1.82) is 0 Å². The van der Waals surface area contributed by atoms with Gasteiger partial charge in [-0.15, -0.1) is 0 Å². The van der Waals surface area contributed by atoms with Crippen LogP contribution in [0.15, 0.2) is 0 Å². The van der Waals surface area contributed by atoms with E-state index in [9.17, 15) is 4.79 Å². The lowest BCUT2D eigenvalue weighted by Crippen LogP contribution is -2.30. The molecule has 0 bridgehead atoms. The third-order valence-electron chi connectivity index (χ3n) is 1.99. The van der Waals surface area contributed by atoms with E-state index in [-0.39, 0.29) is 6.04 Å². The molecular weight excluding hydrogens is 138 g/mol. The Bertz CT molecular complexity index is 123. The second-order valence-corrected chi connectivity index (χ2v) is 2.75. The van der Waals surface area contributed by atoms with Gasteiger partial charge in [-0.1, -0.05) is 13.8 Å². The average Bonchev–Trinajstić information content (AvgIpc) is 2.39. The highest BCUT2D eigenvalue weighted by molar-refractivity contribution is 5.81. The Morgan fingerprint density at radius 1 is 1.45 bits per heavy atom. The summed E-state index contributed by atoms with van der Waals surface area (Å²) in [5.41, 5.74) is 0. The molecule has 0 radical (unpaired) electrons. The second kappa shape index (κ2) is 5.30. The number of likely N-dealkylation sites (tertiary alicyclic amines) is 1. The molecule has 0 aromatic heterocycles. The van der Waals surface area contributed by atoms with Crippen LogP contribution in [0.4, 0.5) is 0 Å². The van der Waals surface area contributed by atoms with E-state index >= 15 is 0 Å². The molecule has 2 heteroatoms. The van der Waals surface area contributed by atoms with Gasteiger partial charge in [0, 0.05) is 0 Å². The van der Waals surface area contributed by atoms with Crippen LogP contribution in [-0.2, 0) is 4.79 Å². The standard InChI is InChI=1S/C7H13NO.C2H6/c1-6(9)7-4-3-5-8(7)2;1-2/h7H,3-5H2,1-2H3;1-2H3/t7-;/m1./s1. The molecule has 1 aliphatic rings. The van der Waals surface area contributed by atoms with Crippen molar-refractivity contribution >= 4 is 5.78 Å². The van der Waals surface area contributed by atoms with E-state index in [0.717, 1.165) is 13.0 Å². The lowest BCUT2D eigenvalue weighted by molar-refractivity contribution is -0.120. The number of rotatable bonds is 1.